The standard InChI is InChI=1S/C17H26N4/c1-6-11-21-15(12-19-20-21)16(18-5)13-7-9-14(10-8-13)17(2,3)4/h7-10,12,16,18H,6,11H2,1-5H3. The molecular formula is C17H26N4. The van der Waals surface area contributed by atoms with Gasteiger partial charge >= 0.3 is 0 Å². The van der Waals surface area contributed by atoms with E-state index in [0.29, 0.717) is 0 Å². The highest BCUT2D eigenvalue weighted by molar-refractivity contribution is 5.32. The summed E-state index contributed by atoms with van der Waals surface area (Å²) in [6.07, 6.45) is 2.91. The maximum Gasteiger partial charge on any atom is 0.0801 e. The van der Waals surface area contributed by atoms with E-state index in [2.05, 4.69) is 67.6 Å². The van der Waals surface area contributed by atoms with Gasteiger partial charge in [-0.15, -0.1) is 5.10 Å². The summed E-state index contributed by atoms with van der Waals surface area (Å²) in [5, 5.41) is 11.6. The van der Waals surface area contributed by atoms with E-state index < -0.39 is 0 Å². The van der Waals surface area contributed by atoms with Crippen molar-refractivity contribution < 1.29 is 0 Å². The fourth-order valence-corrected chi connectivity index (χ4v) is 2.54. The lowest BCUT2D eigenvalue weighted by Gasteiger charge is -2.21. The minimum Gasteiger partial charge on any atom is -0.308 e. The first-order valence-electron chi connectivity index (χ1n) is 7.63. The molecule has 0 aliphatic carbocycles. The van der Waals surface area contributed by atoms with Crippen molar-refractivity contribution >= 4 is 0 Å². The minimum absolute atomic E-state index is 0.126. The predicted octanol–water partition coefficient (Wildman–Crippen LogP) is 3.29. The summed E-state index contributed by atoms with van der Waals surface area (Å²) in [5.74, 6) is 0. The summed E-state index contributed by atoms with van der Waals surface area (Å²) in [7, 11) is 1.98. The third-order valence-electron chi connectivity index (χ3n) is 3.78. The van der Waals surface area contributed by atoms with Crippen LogP contribution in [0.15, 0.2) is 30.5 Å². The lowest BCUT2D eigenvalue weighted by Crippen LogP contribution is -2.22. The van der Waals surface area contributed by atoms with E-state index in [1.807, 2.05) is 17.9 Å². The van der Waals surface area contributed by atoms with Crippen molar-refractivity contribution in [1.82, 2.24) is 20.3 Å². The molecule has 0 saturated carbocycles. The van der Waals surface area contributed by atoms with Gasteiger partial charge in [-0.25, -0.2) is 4.68 Å². The number of hydrogen-bond acceptors (Lipinski definition) is 3. The van der Waals surface area contributed by atoms with Crippen molar-refractivity contribution in [1.29, 1.82) is 0 Å². The number of rotatable bonds is 5. The van der Waals surface area contributed by atoms with Crippen molar-refractivity contribution in [2.45, 2.75) is 52.1 Å². The number of nitrogens with zero attached hydrogens (tertiary/aromatic N) is 3. The van der Waals surface area contributed by atoms with Crippen LogP contribution in [0.25, 0.3) is 0 Å². The monoisotopic (exact) mass is 286 g/mol. The summed E-state index contributed by atoms with van der Waals surface area (Å²) in [4.78, 5) is 0. The van der Waals surface area contributed by atoms with Gasteiger partial charge in [-0.2, -0.15) is 0 Å². The van der Waals surface area contributed by atoms with Gasteiger partial charge in [-0.05, 0) is 30.0 Å². The summed E-state index contributed by atoms with van der Waals surface area (Å²) in [6.45, 7) is 9.75. The Kier molecular flexibility index (Phi) is 4.78. The van der Waals surface area contributed by atoms with E-state index in [0.717, 1.165) is 18.7 Å². The van der Waals surface area contributed by atoms with Crippen molar-refractivity contribution in [3.05, 3.63) is 47.3 Å². The molecule has 0 spiro atoms. The van der Waals surface area contributed by atoms with Gasteiger partial charge in [0.25, 0.3) is 0 Å². The van der Waals surface area contributed by atoms with Crippen LogP contribution in [0, 0.1) is 0 Å². The Bertz CT molecular complexity index is 563. The third kappa shape index (κ3) is 3.50. The van der Waals surface area contributed by atoms with Crippen molar-refractivity contribution in [2.75, 3.05) is 7.05 Å². The Morgan fingerprint density at radius 1 is 1.19 bits per heavy atom. The molecule has 0 fully saturated rings. The third-order valence-corrected chi connectivity index (χ3v) is 3.78. The first-order chi connectivity index (χ1) is 9.97. The van der Waals surface area contributed by atoms with E-state index >= 15 is 0 Å². The molecule has 1 aromatic carbocycles. The van der Waals surface area contributed by atoms with Gasteiger partial charge in [-0.3, -0.25) is 0 Å². The predicted molar refractivity (Wildman–Crippen MR) is 86.4 cm³/mol. The maximum absolute atomic E-state index is 4.18. The number of aromatic nitrogens is 3. The first kappa shape index (κ1) is 15.7. The molecule has 114 valence electrons. The topological polar surface area (TPSA) is 42.7 Å². The van der Waals surface area contributed by atoms with Crippen LogP contribution in [0.3, 0.4) is 0 Å². The molecule has 0 radical (unpaired) electrons. The van der Waals surface area contributed by atoms with Gasteiger partial charge in [0.05, 0.1) is 17.9 Å². The number of benzene rings is 1. The van der Waals surface area contributed by atoms with E-state index in [4.69, 9.17) is 0 Å². The number of nitrogens with one attached hydrogen (secondary N) is 1. The van der Waals surface area contributed by atoms with Gasteiger partial charge in [0.1, 0.15) is 0 Å². The van der Waals surface area contributed by atoms with Crippen LogP contribution in [0.4, 0.5) is 0 Å². The maximum atomic E-state index is 4.18. The van der Waals surface area contributed by atoms with E-state index in [1.165, 1.54) is 11.1 Å². The Morgan fingerprint density at radius 3 is 2.38 bits per heavy atom. The summed E-state index contributed by atoms with van der Waals surface area (Å²) in [5.41, 5.74) is 3.88. The van der Waals surface area contributed by atoms with Crippen LogP contribution in [-0.2, 0) is 12.0 Å². The SMILES string of the molecule is CCCn1nncc1C(NC)c1ccc(C(C)(C)C)cc1. The summed E-state index contributed by atoms with van der Waals surface area (Å²) < 4.78 is 1.98. The van der Waals surface area contributed by atoms with Gasteiger partial charge < -0.3 is 5.32 Å². The molecule has 4 heteroatoms. The van der Waals surface area contributed by atoms with Crippen LogP contribution in [-0.4, -0.2) is 22.0 Å². The summed E-state index contributed by atoms with van der Waals surface area (Å²) in [6, 6.07) is 8.96. The average Bonchev–Trinajstić information content (AvgIpc) is 2.88. The molecule has 4 nitrogen and oxygen atoms in total. The van der Waals surface area contributed by atoms with Gasteiger partial charge in [0.15, 0.2) is 0 Å². The normalized spacial score (nSPS) is 13.4. The zero-order chi connectivity index (χ0) is 15.5. The van der Waals surface area contributed by atoms with E-state index in [1.54, 1.807) is 0 Å². The zero-order valence-electron chi connectivity index (χ0n) is 13.7. The Morgan fingerprint density at radius 2 is 1.86 bits per heavy atom. The van der Waals surface area contributed by atoms with Crippen LogP contribution < -0.4 is 5.32 Å². The molecule has 2 aromatic rings. The van der Waals surface area contributed by atoms with Crippen molar-refractivity contribution in [3.8, 4) is 0 Å². The van der Waals surface area contributed by atoms with Crippen LogP contribution in [0.2, 0.25) is 0 Å². The highest BCUT2D eigenvalue weighted by atomic mass is 15.4. The molecule has 0 aliphatic rings. The number of aryl methyl sites for hydroxylation is 1. The van der Waals surface area contributed by atoms with Crippen LogP contribution in [0.1, 0.15) is 57.0 Å². The lowest BCUT2D eigenvalue weighted by atomic mass is 9.86. The fourth-order valence-electron chi connectivity index (χ4n) is 2.54. The van der Waals surface area contributed by atoms with Crippen molar-refractivity contribution in [2.24, 2.45) is 0 Å². The zero-order valence-corrected chi connectivity index (χ0v) is 13.7. The van der Waals surface area contributed by atoms with Gasteiger partial charge in [-0.1, -0.05) is 57.2 Å². The molecule has 1 aromatic heterocycles. The highest BCUT2D eigenvalue weighted by Crippen LogP contribution is 2.26. The Balaban J connectivity index is 2.31. The van der Waals surface area contributed by atoms with Gasteiger partial charge in [0, 0.05) is 6.54 Å². The smallest absolute Gasteiger partial charge is 0.0801 e. The van der Waals surface area contributed by atoms with Crippen molar-refractivity contribution in [3.63, 3.8) is 0 Å². The molecule has 0 bridgehead atoms. The second kappa shape index (κ2) is 6.39. The Labute approximate surface area is 127 Å². The van der Waals surface area contributed by atoms with E-state index in [-0.39, 0.29) is 11.5 Å². The Hall–Kier alpha value is -1.68. The molecule has 0 amide bonds. The molecule has 0 aliphatic heterocycles. The molecule has 0 saturated heterocycles. The summed E-state index contributed by atoms with van der Waals surface area (Å²) >= 11 is 0. The fraction of sp³-hybridized carbons (Fsp3) is 0.529. The molecule has 1 atom stereocenters. The first-order valence-corrected chi connectivity index (χ1v) is 7.63. The highest BCUT2D eigenvalue weighted by Gasteiger charge is 2.19. The number of hydrogen-bond donors (Lipinski definition) is 1. The molecule has 2 rings (SSSR count). The molecule has 21 heavy (non-hydrogen) atoms. The van der Waals surface area contributed by atoms with Gasteiger partial charge in [0.2, 0.25) is 0 Å². The quantitative estimate of drug-likeness (QED) is 0.917. The van der Waals surface area contributed by atoms with Crippen LogP contribution in [0.5, 0.6) is 0 Å². The second-order valence-electron chi connectivity index (χ2n) is 6.48. The second-order valence-corrected chi connectivity index (χ2v) is 6.48. The minimum atomic E-state index is 0.126. The molecular weight excluding hydrogens is 260 g/mol. The molecule has 1 unspecified atom stereocenters. The molecule has 1 N–H and O–H groups in total. The molecule has 1 heterocycles. The lowest BCUT2D eigenvalue weighted by molar-refractivity contribution is 0.523. The largest absolute Gasteiger partial charge is 0.308 e. The van der Waals surface area contributed by atoms with Crippen LogP contribution >= 0.6 is 0 Å². The average molecular weight is 286 g/mol. The van der Waals surface area contributed by atoms with E-state index in [9.17, 15) is 0 Å².